The molecule has 1 aromatic carbocycles. The first kappa shape index (κ1) is 15.4. The topological polar surface area (TPSA) is 77.0 Å². The molecule has 0 spiro atoms. The SMILES string of the molecule is CCc1nnc(SCC(=O)N(C)Cc2ccccc2)n1N. The summed E-state index contributed by atoms with van der Waals surface area (Å²) in [5.74, 6) is 6.88. The monoisotopic (exact) mass is 305 g/mol. The van der Waals surface area contributed by atoms with Crippen LogP contribution >= 0.6 is 11.8 Å². The molecule has 0 saturated heterocycles. The summed E-state index contributed by atoms with van der Waals surface area (Å²) in [6.45, 7) is 2.55. The van der Waals surface area contributed by atoms with Gasteiger partial charge in [0.15, 0.2) is 5.82 Å². The van der Waals surface area contributed by atoms with Crippen molar-refractivity contribution in [3.63, 3.8) is 0 Å². The Labute approximate surface area is 128 Å². The third-order valence-electron chi connectivity index (χ3n) is 3.06. The van der Waals surface area contributed by atoms with Gasteiger partial charge in [-0.15, -0.1) is 10.2 Å². The number of hydrogen-bond acceptors (Lipinski definition) is 5. The molecule has 0 aliphatic rings. The van der Waals surface area contributed by atoms with Crippen molar-refractivity contribution in [3.05, 3.63) is 41.7 Å². The van der Waals surface area contributed by atoms with Crippen LogP contribution in [0.4, 0.5) is 0 Å². The zero-order valence-corrected chi connectivity index (χ0v) is 13.0. The fourth-order valence-electron chi connectivity index (χ4n) is 1.83. The molecule has 0 saturated carbocycles. The second kappa shape index (κ2) is 7.12. The molecule has 2 rings (SSSR count). The van der Waals surface area contributed by atoms with E-state index in [1.54, 1.807) is 11.9 Å². The fourth-order valence-corrected chi connectivity index (χ4v) is 2.64. The summed E-state index contributed by atoms with van der Waals surface area (Å²) < 4.78 is 1.44. The molecule has 0 atom stereocenters. The zero-order chi connectivity index (χ0) is 15.2. The molecule has 21 heavy (non-hydrogen) atoms. The van der Waals surface area contributed by atoms with Crippen molar-refractivity contribution in [1.29, 1.82) is 0 Å². The van der Waals surface area contributed by atoms with Gasteiger partial charge in [0, 0.05) is 20.0 Å². The molecule has 0 radical (unpaired) electrons. The zero-order valence-electron chi connectivity index (χ0n) is 12.2. The standard InChI is InChI=1S/C14H19N5OS/c1-3-12-16-17-14(19(12)15)21-10-13(20)18(2)9-11-7-5-4-6-8-11/h4-8H,3,9-10,15H2,1-2H3. The highest BCUT2D eigenvalue weighted by atomic mass is 32.2. The Morgan fingerprint density at radius 2 is 2.05 bits per heavy atom. The number of carbonyl (C=O) groups excluding carboxylic acids is 1. The Kier molecular flexibility index (Phi) is 5.21. The lowest BCUT2D eigenvalue weighted by atomic mass is 10.2. The van der Waals surface area contributed by atoms with E-state index in [4.69, 9.17) is 5.84 Å². The van der Waals surface area contributed by atoms with Gasteiger partial charge in [-0.25, -0.2) is 4.68 Å². The van der Waals surface area contributed by atoms with E-state index < -0.39 is 0 Å². The normalized spacial score (nSPS) is 10.6. The van der Waals surface area contributed by atoms with Gasteiger partial charge in [-0.3, -0.25) is 4.79 Å². The van der Waals surface area contributed by atoms with Crippen LogP contribution in [0, 0.1) is 0 Å². The molecule has 0 aliphatic carbocycles. The third kappa shape index (κ3) is 3.98. The fraction of sp³-hybridized carbons (Fsp3) is 0.357. The maximum absolute atomic E-state index is 12.1. The van der Waals surface area contributed by atoms with E-state index in [2.05, 4.69) is 10.2 Å². The van der Waals surface area contributed by atoms with Crippen LogP contribution in [0.15, 0.2) is 35.5 Å². The van der Waals surface area contributed by atoms with E-state index in [1.807, 2.05) is 37.3 Å². The molecule has 0 bridgehead atoms. The molecule has 1 heterocycles. The molecule has 2 aromatic rings. The Balaban J connectivity index is 1.87. The molecule has 1 amide bonds. The number of benzene rings is 1. The number of nitrogens with zero attached hydrogens (tertiary/aromatic N) is 4. The molecule has 6 nitrogen and oxygen atoms in total. The van der Waals surface area contributed by atoms with Gasteiger partial charge in [0.25, 0.3) is 0 Å². The van der Waals surface area contributed by atoms with Crippen LogP contribution in [0.3, 0.4) is 0 Å². The number of nitrogen functional groups attached to an aromatic ring is 1. The van der Waals surface area contributed by atoms with E-state index in [0.29, 0.717) is 29.7 Å². The number of aromatic nitrogens is 3. The average molecular weight is 305 g/mol. The van der Waals surface area contributed by atoms with E-state index in [-0.39, 0.29) is 5.91 Å². The summed E-state index contributed by atoms with van der Waals surface area (Å²) in [5.41, 5.74) is 1.11. The van der Waals surface area contributed by atoms with E-state index in [0.717, 1.165) is 5.56 Å². The largest absolute Gasteiger partial charge is 0.341 e. The second-order valence-electron chi connectivity index (χ2n) is 4.65. The molecule has 112 valence electrons. The Bertz CT molecular complexity index is 599. The predicted octanol–water partition coefficient (Wildman–Crippen LogP) is 1.30. The van der Waals surface area contributed by atoms with Gasteiger partial charge in [0.05, 0.1) is 5.75 Å². The van der Waals surface area contributed by atoms with Crippen molar-refractivity contribution in [2.24, 2.45) is 0 Å². The summed E-state index contributed by atoms with van der Waals surface area (Å²) in [6, 6.07) is 9.89. The maximum atomic E-state index is 12.1. The third-order valence-corrected chi connectivity index (χ3v) is 3.99. The average Bonchev–Trinajstić information content (AvgIpc) is 2.86. The molecule has 1 aromatic heterocycles. The number of amides is 1. The number of carbonyl (C=O) groups is 1. The minimum absolute atomic E-state index is 0.0323. The minimum Gasteiger partial charge on any atom is -0.341 e. The van der Waals surface area contributed by atoms with Gasteiger partial charge in [-0.2, -0.15) is 0 Å². The highest BCUT2D eigenvalue weighted by Crippen LogP contribution is 2.15. The first-order valence-electron chi connectivity index (χ1n) is 6.72. The quantitative estimate of drug-likeness (QED) is 0.643. The minimum atomic E-state index is 0.0323. The van der Waals surface area contributed by atoms with Gasteiger partial charge in [0.1, 0.15) is 0 Å². The van der Waals surface area contributed by atoms with Crippen LogP contribution in [-0.2, 0) is 17.8 Å². The highest BCUT2D eigenvalue weighted by molar-refractivity contribution is 7.99. The lowest BCUT2D eigenvalue weighted by Gasteiger charge is -2.16. The van der Waals surface area contributed by atoms with Crippen LogP contribution in [0.2, 0.25) is 0 Å². The van der Waals surface area contributed by atoms with Gasteiger partial charge in [-0.1, -0.05) is 49.0 Å². The van der Waals surface area contributed by atoms with E-state index in [1.165, 1.54) is 16.4 Å². The lowest BCUT2D eigenvalue weighted by molar-refractivity contribution is -0.127. The molecular formula is C14H19N5OS. The molecule has 7 heteroatoms. The smallest absolute Gasteiger partial charge is 0.233 e. The van der Waals surface area contributed by atoms with Gasteiger partial charge >= 0.3 is 0 Å². The van der Waals surface area contributed by atoms with Crippen molar-refractivity contribution in [2.45, 2.75) is 25.0 Å². The first-order chi connectivity index (χ1) is 10.1. The van der Waals surface area contributed by atoms with Crippen LogP contribution in [-0.4, -0.2) is 38.5 Å². The van der Waals surface area contributed by atoms with Gasteiger partial charge < -0.3 is 10.7 Å². The molecule has 0 aliphatic heterocycles. The van der Waals surface area contributed by atoms with Crippen LogP contribution in [0.1, 0.15) is 18.3 Å². The number of thioether (sulfide) groups is 1. The first-order valence-corrected chi connectivity index (χ1v) is 7.70. The molecular weight excluding hydrogens is 286 g/mol. The summed E-state index contributed by atoms with van der Waals surface area (Å²) in [6.07, 6.45) is 0.714. The van der Waals surface area contributed by atoms with Crippen LogP contribution in [0.5, 0.6) is 0 Å². The number of rotatable bonds is 6. The van der Waals surface area contributed by atoms with Crippen molar-refractivity contribution in [3.8, 4) is 0 Å². The Morgan fingerprint density at radius 1 is 1.33 bits per heavy atom. The van der Waals surface area contributed by atoms with Crippen LogP contribution < -0.4 is 5.84 Å². The second-order valence-corrected chi connectivity index (χ2v) is 5.59. The Hall–Kier alpha value is -2.02. The predicted molar refractivity (Wildman–Crippen MR) is 83.2 cm³/mol. The number of nitrogens with two attached hydrogens (primary N) is 1. The van der Waals surface area contributed by atoms with Crippen molar-refractivity contribution in [1.82, 2.24) is 19.8 Å². The maximum Gasteiger partial charge on any atom is 0.233 e. The van der Waals surface area contributed by atoms with Crippen molar-refractivity contribution < 1.29 is 4.79 Å². The molecule has 0 unspecified atom stereocenters. The van der Waals surface area contributed by atoms with E-state index in [9.17, 15) is 4.79 Å². The summed E-state index contributed by atoms with van der Waals surface area (Å²) in [5, 5.41) is 8.51. The molecule has 0 fully saturated rings. The summed E-state index contributed by atoms with van der Waals surface area (Å²) in [4.78, 5) is 13.8. The lowest BCUT2D eigenvalue weighted by Crippen LogP contribution is -2.28. The molecule has 2 N–H and O–H groups in total. The van der Waals surface area contributed by atoms with Crippen molar-refractivity contribution >= 4 is 17.7 Å². The van der Waals surface area contributed by atoms with Crippen LogP contribution in [0.25, 0.3) is 0 Å². The number of aryl methyl sites for hydroxylation is 1. The summed E-state index contributed by atoms with van der Waals surface area (Å²) in [7, 11) is 1.79. The van der Waals surface area contributed by atoms with Gasteiger partial charge in [0.2, 0.25) is 11.1 Å². The van der Waals surface area contributed by atoms with Gasteiger partial charge in [-0.05, 0) is 5.56 Å². The summed E-state index contributed by atoms with van der Waals surface area (Å²) >= 11 is 1.30. The number of hydrogen-bond donors (Lipinski definition) is 1. The Morgan fingerprint density at radius 3 is 2.67 bits per heavy atom. The van der Waals surface area contributed by atoms with E-state index >= 15 is 0 Å². The van der Waals surface area contributed by atoms with Crippen molar-refractivity contribution in [2.75, 3.05) is 18.6 Å². The highest BCUT2D eigenvalue weighted by Gasteiger charge is 2.14.